The predicted octanol–water partition coefficient (Wildman–Crippen LogP) is 13.2. The first-order valence-corrected chi connectivity index (χ1v) is 17.3. The molecule has 0 aliphatic rings. The second kappa shape index (κ2) is 12.1. The topological polar surface area (TPSA) is 65.0 Å². The van der Waals surface area contributed by atoms with Crippen LogP contribution in [0.1, 0.15) is 12.3 Å². The highest BCUT2D eigenvalue weighted by Gasteiger charge is 2.18. The monoisotopic (exact) mass is 700 g/mol. The van der Waals surface area contributed by atoms with Crippen molar-refractivity contribution in [1.29, 1.82) is 0 Å². The van der Waals surface area contributed by atoms with E-state index in [9.17, 15) is 0 Å². The molecule has 54 heavy (non-hydrogen) atoms. The number of benzene rings is 8. The minimum absolute atomic E-state index is 0.0148. The van der Waals surface area contributed by atoms with E-state index in [1.54, 1.807) is 24.3 Å². The molecule has 0 aliphatic carbocycles. The first-order chi connectivity index (χ1) is 30.5. The van der Waals surface area contributed by atoms with Gasteiger partial charge in [-0.2, -0.15) is 0 Å². The zero-order valence-electron chi connectivity index (χ0n) is 37.2. The third-order valence-electron chi connectivity index (χ3n) is 9.69. The standard InChI is InChI=1S/C49H29N3O2/c1-3-11-30(12-4-1)38-18-9-19-40-39-27-26-35(29-43(39)54-45(38)40)49-51-47(33-14-5-2-6-15-33)50-48(52-49)34-23-21-32(22-24-34)36-17-10-20-42-44(36)41-28-25-31-13-7-8-16-37(31)46(41)53-42/h1-29H/i7D,8D,10D,13D,16D,17D,20D,25D,28D. The second-order valence-corrected chi connectivity index (χ2v) is 12.9. The number of nitrogens with zero attached hydrogens (tertiary/aromatic N) is 3. The van der Waals surface area contributed by atoms with E-state index >= 15 is 0 Å². The lowest BCUT2D eigenvalue weighted by Gasteiger charge is -2.09. The van der Waals surface area contributed by atoms with Gasteiger partial charge in [0.2, 0.25) is 0 Å². The summed E-state index contributed by atoms with van der Waals surface area (Å²) >= 11 is 0. The molecule has 11 aromatic rings. The molecule has 3 aromatic heterocycles. The first kappa shape index (κ1) is 22.5. The third-order valence-corrected chi connectivity index (χ3v) is 9.69. The van der Waals surface area contributed by atoms with Crippen LogP contribution in [0.5, 0.6) is 0 Å². The smallest absolute Gasteiger partial charge is 0.164 e. The van der Waals surface area contributed by atoms with Crippen LogP contribution in [-0.4, -0.2) is 15.0 Å². The fraction of sp³-hybridized carbons (Fsp3) is 0. The number of para-hydroxylation sites is 1. The predicted molar refractivity (Wildman–Crippen MR) is 219 cm³/mol. The highest BCUT2D eigenvalue weighted by molar-refractivity contribution is 6.19. The molecule has 0 amide bonds. The van der Waals surface area contributed by atoms with Gasteiger partial charge in [-0.05, 0) is 46.3 Å². The SMILES string of the molecule is [2H]c1c([2H])c(-c2ccc(-c3nc(-c4ccccc4)nc(-c4ccc5c(c4)oc4c(-c6ccccc6)cccc45)n3)cc2)c2c(oc3c4c([2H])c([2H])c([2H])c([2H])c4c([2H])c([2H])c32)c1[2H]. The van der Waals surface area contributed by atoms with Crippen molar-refractivity contribution in [2.75, 3.05) is 0 Å². The molecular formula is C49H29N3O2. The quantitative estimate of drug-likeness (QED) is 0.179. The number of rotatable bonds is 5. The number of furan rings is 2. The number of hydrogen-bond acceptors (Lipinski definition) is 5. The first-order valence-electron chi connectivity index (χ1n) is 21.8. The molecule has 5 heteroatoms. The summed E-state index contributed by atoms with van der Waals surface area (Å²) in [5.41, 5.74) is 5.95. The maximum Gasteiger partial charge on any atom is 0.164 e. The van der Waals surface area contributed by atoms with E-state index in [-0.39, 0.29) is 50.4 Å². The van der Waals surface area contributed by atoms with Crippen LogP contribution in [-0.2, 0) is 0 Å². The lowest BCUT2D eigenvalue weighted by atomic mass is 9.97. The summed E-state index contributed by atoms with van der Waals surface area (Å²) in [7, 11) is 0. The van der Waals surface area contributed by atoms with Gasteiger partial charge >= 0.3 is 0 Å². The second-order valence-electron chi connectivity index (χ2n) is 12.9. The molecule has 0 atom stereocenters. The third kappa shape index (κ3) is 4.90. The van der Waals surface area contributed by atoms with Gasteiger partial charge < -0.3 is 8.83 Å². The number of fused-ring (bicyclic) bond motifs is 8. The normalized spacial score (nSPS) is 14.0. The minimum Gasteiger partial charge on any atom is -0.455 e. The van der Waals surface area contributed by atoms with Gasteiger partial charge in [-0.25, -0.2) is 15.0 Å². The molecule has 8 aromatic carbocycles. The molecule has 3 heterocycles. The van der Waals surface area contributed by atoms with Crippen molar-refractivity contribution in [3.63, 3.8) is 0 Å². The van der Waals surface area contributed by atoms with Crippen molar-refractivity contribution in [3.05, 3.63) is 176 Å². The Labute approximate surface area is 322 Å². The van der Waals surface area contributed by atoms with Crippen molar-refractivity contribution < 1.29 is 21.2 Å². The van der Waals surface area contributed by atoms with Crippen molar-refractivity contribution in [2.24, 2.45) is 0 Å². The molecule has 252 valence electrons. The van der Waals surface area contributed by atoms with Gasteiger partial charge in [0.25, 0.3) is 0 Å². The highest BCUT2D eigenvalue weighted by atomic mass is 16.3. The molecule has 5 nitrogen and oxygen atoms in total. The molecule has 0 bridgehead atoms. The van der Waals surface area contributed by atoms with Gasteiger partial charge in [-0.3, -0.25) is 0 Å². The van der Waals surface area contributed by atoms with E-state index in [4.69, 9.17) is 36.1 Å². The van der Waals surface area contributed by atoms with Crippen LogP contribution >= 0.6 is 0 Å². The zero-order valence-corrected chi connectivity index (χ0v) is 28.2. The Morgan fingerprint density at radius 3 is 1.83 bits per heavy atom. The van der Waals surface area contributed by atoms with E-state index < -0.39 is 42.3 Å². The van der Waals surface area contributed by atoms with Gasteiger partial charge in [0, 0.05) is 49.2 Å². The molecule has 0 aliphatic heterocycles. The van der Waals surface area contributed by atoms with Crippen LogP contribution < -0.4 is 0 Å². The van der Waals surface area contributed by atoms with Crippen molar-refractivity contribution in [3.8, 4) is 56.4 Å². The summed E-state index contributed by atoms with van der Waals surface area (Å²) < 4.78 is 91.0. The average Bonchev–Trinajstić information content (AvgIpc) is 3.90. The summed E-state index contributed by atoms with van der Waals surface area (Å²) in [6, 6.07) is 34.6. The molecule has 0 saturated carbocycles. The fourth-order valence-corrected chi connectivity index (χ4v) is 7.10. The van der Waals surface area contributed by atoms with E-state index in [1.165, 1.54) is 0 Å². The molecule has 0 unspecified atom stereocenters. The lowest BCUT2D eigenvalue weighted by Crippen LogP contribution is -2.00. The lowest BCUT2D eigenvalue weighted by molar-refractivity contribution is 0.670. The summed E-state index contributed by atoms with van der Waals surface area (Å²) in [6.07, 6.45) is 0. The maximum atomic E-state index is 9.09. The molecule has 0 spiro atoms. The molecular weight excluding hydrogens is 663 g/mol. The van der Waals surface area contributed by atoms with Gasteiger partial charge in [-0.1, -0.05) is 151 Å². The van der Waals surface area contributed by atoms with Crippen molar-refractivity contribution >= 4 is 54.6 Å². The van der Waals surface area contributed by atoms with Crippen molar-refractivity contribution in [2.45, 2.75) is 0 Å². The van der Waals surface area contributed by atoms with Gasteiger partial charge in [-0.15, -0.1) is 0 Å². The summed E-state index contributed by atoms with van der Waals surface area (Å²) in [5, 5.41) is 1.79. The number of hydrogen-bond donors (Lipinski definition) is 0. The Hall–Kier alpha value is -7.37. The van der Waals surface area contributed by atoms with Gasteiger partial charge in [0.1, 0.15) is 22.3 Å². The molecule has 0 N–H and O–H groups in total. The molecule has 11 rings (SSSR count). The van der Waals surface area contributed by atoms with Crippen LogP contribution in [0.25, 0.3) is 111 Å². The molecule has 0 fully saturated rings. The Kier molecular flexibility index (Phi) is 5.06. The van der Waals surface area contributed by atoms with Gasteiger partial charge in [0.15, 0.2) is 17.5 Å². The Bertz CT molecular complexity index is 3720. The van der Waals surface area contributed by atoms with Crippen LogP contribution in [0.15, 0.2) is 185 Å². The highest BCUT2D eigenvalue weighted by Crippen LogP contribution is 2.41. The Balaban J connectivity index is 1.07. The van der Waals surface area contributed by atoms with E-state index in [0.717, 1.165) is 33.0 Å². The maximum absolute atomic E-state index is 9.09. The molecule has 0 radical (unpaired) electrons. The minimum atomic E-state index is -0.550. The fourth-order valence-electron chi connectivity index (χ4n) is 7.10. The summed E-state index contributed by atoms with van der Waals surface area (Å²) in [6.45, 7) is 0. The summed E-state index contributed by atoms with van der Waals surface area (Å²) in [5.74, 6) is 1.22. The van der Waals surface area contributed by atoms with Crippen LogP contribution in [0.4, 0.5) is 0 Å². The molecule has 0 saturated heterocycles. The Morgan fingerprint density at radius 1 is 0.389 bits per heavy atom. The largest absolute Gasteiger partial charge is 0.455 e. The summed E-state index contributed by atoms with van der Waals surface area (Å²) in [4.78, 5) is 14.8. The Morgan fingerprint density at radius 2 is 1.04 bits per heavy atom. The van der Waals surface area contributed by atoms with Crippen LogP contribution in [0, 0.1) is 0 Å². The van der Waals surface area contributed by atoms with Crippen molar-refractivity contribution in [1.82, 2.24) is 15.0 Å². The van der Waals surface area contributed by atoms with E-state index in [2.05, 4.69) is 12.1 Å². The van der Waals surface area contributed by atoms with Crippen LogP contribution in [0.2, 0.25) is 0 Å². The number of aromatic nitrogens is 3. The average molecular weight is 701 g/mol. The van der Waals surface area contributed by atoms with Gasteiger partial charge in [0.05, 0.1) is 12.3 Å². The zero-order chi connectivity index (χ0) is 43.4. The van der Waals surface area contributed by atoms with E-state index in [1.807, 2.05) is 84.9 Å². The van der Waals surface area contributed by atoms with Crippen LogP contribution in [0.3, 0.4) is 0 Å². The van der Waals surface area contributed by atoms with E-state index in [0.29, 0.717) is 39.7 Å².